The van der Waals surface area contributed by atoms with Crippen molar-refractivity contribution < 1.29 is 9.59 Å². The van der Waals surface area contributed by atoms with Crippen molar-refractivity contribution in [1.29, 1.82) is 0 Å². The molecule has 2 aliphatic heterocycles. The van der Waals surface area contributed by atoms with Gasteiger partial charge in [-0.25, -0.2) is 0 Å². The molecule has 20 heavy (non-hydrogen) atoms. The second-order valence-electron chi connectivity index (χ2n) is 5.60. The molecule has 6 nitrogen and oxygen atoms in total. The summed E-state index contributed by atoms with van der Waals surface area (Å²) in [5, 5.41) is 0. The van der Waals surface area contributed by atoms with Crippen molar-refractivity contribution in [3.8, 4) is 0 Å². The van der Waals surface area contributed by atoms with Gasteiger partial charge in [-0.1, -0.05) is 0 Å². The standard InChI is InChI=1S/C14H17N3O3/c1-8-3-2-4-9-6-16(8)14(20)11-5-12(18)10(13(15)19)7-17(9)11/h5,7-9H,2-4,6H2,1H3,(H2,15,19). The number of hydrogen-bond acceptors (Lipinski definition) is 3. The van der Waals surface area contributed by atoms with E-state index >= 15 is 0 Å². The van der Waals surface area contributed by atoms with Crippen LogP contribution in [-0.2, 0) is 0 Å². The van der Waals surface area contributed by atoms with Gasteiger partial charge in [-0.15, -0.1) is 0 Å². The molecule has 106 valence electrons. The Bertz CT molecular complexity index is 650. The van der Waals surface area contributed by atoms with Crippen molar-refractivity contribution in [2.24, 2.45) is 5.73 Å². The number of rotatable bonds is 1. The third-order valence-electron chi connectivity index (χ3n) is 4.32. The van der Waals surface area contributed by atoms with Gasteiger partial charge in [-0.2, -0.15) is 0 Å². The van der Waals surface area contributed by atoms with E-state index in [9.17, 15) is 14.4 Å². The van der Waals surface area contributed by atoms with Crippen LogP contribution >= 0.6 is 0 Å². The first kappa shape index (κ1) is 12.9. The van der Waals surface area contributed by atoms with Crippen molar-refractivity contribution in [3.63, 3.8) is 0 Å². The lowest BCUT2D eigenvalue weighted by atomic mass is 10.1. The van der Waals surface area contributed by atoms with Gasteiger partial charge in [0.1, 0.15) is 11.3 Å². The predicted molar refractivity (Wildman–Crippen MR) is 72.6 cm³/mol. The molecule has 1 aromatic rings. The van der Waals surface area contributed by atoms with Crippen molar-refractivity contribution in [3.05, 3.63) is 33.7 Å². The van der Waals surface area contributed by atoms with E-state index in [0.717, 1.165) is 19.3 Å². The SMILES string of the molecule is CC1CCCC2CN1C(=O)c1cc(=O)c(C(N)=O)cn12. The molecule has 2 aliphatic rings. The van der Waals surface area contributed by atoms with Gasteiger partial charge in [-0.3, -0.25) is 14.4 Å². The molecular weight excluding hydrogens is 258 g/mol. The minimum absolute atomic E-state index is 0.0488. The zero-order chi connectivity index (χ0) is 14.4. The van der Waals surface area contributed by atoms with Crippen LogP contribution in [0.4, 0.5) is 0 Å². The average molecular weight is 275 g/mol. The Kier molecular flexibility index (Phi) is 2.88. The summed E-state index contributed by atoms with van der Waals surface area (Å²) in [6.45, 7) is 2.67. The van der Waals surface area contributed by atoms with E-state index in [-0.39, 0.29) is 23.6 Å². The van der Waals surface area contributed by atoms with Crippen LogP contribution in [0.3, 0.4) is 0 Å². The van der Waals surface area contributed by atoms with Gasteiger partial charge in [-0.05, 0) is 26.2 Å². The maximum atomic E-state index is 12.5. The van der Waals surface area contributed by atoms with Crippen LogP contribution < -0.4 is 11.2 Å². The summed E-state index contributed by atoms with van der Waals surface area (Å²) in [6, 6.07) is 1.55. The van der Waals surface area contributed by atoms with E-state index < -0.39 is 11.3 Å². The highest BCUT2D eigenvalue weighted by atomic mass is 16.2. The molecule has 0 spiro atoms. The van der Waals surface area contributed by atoms with E-state index in [2.05, 4.69) is 0 Å². The summed E-state index contributed by atoms with van der Waals surface area (Å²) in [4.78, 5) is 37.5. The van der Waals surface area contributed by atoms with Crippen LogP contribution in [-0.4, -0.2) is 33.9 Å². The number of aromatic nitrogens is 1. The molecule has 2 bridgehead atoms. The van der Waals surface area contributed by atoms with Gasteiger partial charge in [0, 0.05) is 24.8 Å². The zero-order valence-corrected chi connectivity index (χ0v) is 11.3. The fourth-order valence-electron chi connectivity index (χ4n) is 3.17. The summed E-state index contributed by atoms with van der Waals surface area (Å²) in [6.07, 6.45) is 4.37. The number of carbonyl (C=O) groups excluding carboxylic acids is 2. The fraction of sp³-hybridized carbons (Fsp3) is 0.500. The molecule has 0 saturated carbocycles. The molecule has 0 radical (unpaired) electrons. The highest BCUT2D eigenvalue weighted by molar-refractivity contribution is 5.96. The van der Waals surface area contributed by atoms with Crippen molar-refractivity contribution in [1.82, 2.24) is 9.47 Å². The lowest BCUT2D eigenvalue weighted by molar-refractivity contribution is 0.0611. The second kappa shape index (κ2) is 4.47. The summed E-state index contributed by atoms with van der Waals surface area (Å²) in [5.74, 6) is -0.883. The Labute approximate surface area is 116 Å². The molecule has 1 saturated heterocycles. The number of nitrogens with two attached hydrogens (primary N) is 1. The van der Waals surface area contributed by atoms with Gasteiger partial charge in [0.25, 0.3) is 11.8 Å². The maximum Gasteiger partial charge on any atom is 0.270 e. The van der Waals surface area contributed by atoms with E-state index in [0.29, 0.717) is 12.2 Å². The maximum absolute atomic E-state index is 12.5. The smallest absolute Gasteiger partial charge is 0.270 e. The van der Waals surface area contributed by atoms with E-state index in [1.165, 1.54) is 12.3 Å². The van der Waals surface area contributed by atoms with Crippen LogP contribution in [0.1, 0.15) is 53.1 Å². The molecule has 6 heteroatoms. The highest BCUT2D eigenvalue weighted by Crippen LogP contribution is 2.31. The molecule has 2 unspecified atom stereocenters. The van der Waals surface area contributed by atoms with E-state index in [4.69, 9.17) is 5.73 Å². The second-order valence-corrected chi connectivity index (χ2v) is 5.60. The number of fused-ring (bicyclic) bond motifs is 4. The van der Waals surface area contributed by atoms with Crippen LogP contribution in [0.5, 0.6) is 0 Å². The number of carbonyl (C=O) groups is 2. The lowest BCUT2D eigenvalue weighted by Crippen LogP contribution is -2.47. The Morgan fingerprint density at radius 2 is 2.10 bits per heavy atom. The monoisotopic (exact) mass is 275 g/mol. The van der Waals surface area contributed by atoms with E-state index in [1.807, 2.05) is 11.8 Å². The summed E-state index contributed by atoms with van der Waals surface area (Å²) in [5.41, 5.74) is 5.05. The molecule has 0 aliphatic carbocycles. The van der Waals surface area contributed by atoms with Gasteiger partial charge in [0.15, 0.2) is 5.43 Å². The Balaban J connectivity index is 2.18. The molecule has 3 rings (SSSR count). The molecule has 3 heterocycles. The first-order valence-electron chi connectivity index (χ1n) is 6.86. The minimum atomic E-state index is -0.748. The first-order valence-corrected chi connectivity index (χ1v) is 6.86. The molecule has 1 fully saturated rings. The van der Waals surface area contributed by atoms with E-state index in [1.54, 1.807) is 4.57 Å². The highest BCUT2D eigenvalue weighted by Gasteiger charge is 2.35. The molecule has 0 aromatic carbocycles. The summed E-state index contributed by atoms with van der Waals surface area (Å²) < 4.78 is 1.76. The quantitative estimate of drug-likeness (QED) is 0.810. The molecule has 2 amide bonds. The summed E-state index contributed by atoms with van der Waals surface area (Å²) >= 11 is 0. The first-order chi connectivity index (χ1) is 9.49. The summed E-state index contributed by atoms with van der Waals surface area (Å²) in [7, 11) is 0. The Morgan fingerprint density at radius 1 is 1.35 bits per heavy atom. The Morgan fingerprint density at radius 3 is 2.80 bits per heavy atom. The van der Waals surface area contributed by atoms with Crippen LogP contribution in [0.25, 0.3) is 0 Å². The van der Waals surface area contributed by atoms with Gasteiger partial charge < -0.3 is 15.2 Å². The van der Waals surface area contributed by atoms with Crippen molar-refractivity contribution in [2.45, 2.75) is 38.3 Å². The number of primary amides is 1. The zero-order valence-electron chi connectivity index (χ0n) is 11.3. The largest absolute Gasteiger partial charge is 0.365 e. The fourth-order valence-corrected chi connectivity index (χ4v) is 3.17. The third-order valence-corrected chi connectivity index (χ3v) is 4.32. The van der Waals surface area contributed by atoms with Gasteiger partial charge in [0.05, 0.1) is 6.04 Å². The van der Waals surface area contributed by atoms with Crippen LogP contribution in [0.15, 0.2) is 17.1 Å². The number of hydrogen-bond donors (Lipinski definition) is 1. The predicted octanol–water partition coefficient (Wildman–Crippen LogP) is 0.517. The van der Waals surface area contributed by atoms with Crippen LogP contribution in [0, 0.1) is 0 Å². The number of nitrogens with zero attached hydrogens (tertiary/aromatic N) is 2. The minimum Gasteiger partial charge on any atom is -0.365 e. The molecule has 2 N–H and O–H groups in total. The topological polar surface area (TPSA) is 85.4 Å². The van der Waals surface area contributed by atoms with Gasteiger partial charge in [0.2, 0.25) is 0 Å². The number of pyridine rings is 1. The number of amides is 2. The molecule has 2 atom stereocenters. The Hall–Kier alpha value is -2.11. The average Bonchev–Trinajstić information content (AvgIpc) is 2.56. The van der Waals surface area contributed by atoms with Crippen LogP contribution in [0.2, 0.25) is 0 Å². The van der Waals surface area contributed by atoms with Crippen molar-refractivity contribution in [2.75, 3.05) is 6.54 Å². The van der Waals surface area contributed by atoms with Gasteiger partial charge >= 0.3 is 0 Å². The molecule has 1 aromatic heterocycles. The molecular formula is C14H17N3O3. The normalized spacial score (nSPS) is 25.1. The lowest BCUT2D eigenvalue weighted by Gasteiger charge is -2.36. The van der Waals surface area contributed by atoms with Crippen molar-refractivity contribution >= 4 is 11.8 Å². The third kappa shape index (κ3) is 1.83.